The lowest BCUT2D eigenvalue weighted by Gasteiger charge is -2.12. The zero-order chi connectivity index (χ0) is 15.5. The van der Waals surface area contributed by atoms with Crippen molar-refractivity contribution in [3.8, 4) is 0 Å². The molecule has 3 rings (SSSR count). The van der Waals surface area contributed by atoms with Crippen LogP contribution in [0.1, 0.15) is 44.0 Å². The minimum Gasteiger partial charge on any atom is -0.454 e. The van der Waals surface area contributed by atoms with Crippen LogP contribution in [0.5, 0.6) is 0 Å². The maximum absolute atomic E-state index is 12.2. The van der Waals surface area contributed by atoms with Crippen LogP contribution in [0.2, 0.25) is 5.02 Å². The van der Waals surface area contributed by atoms with E-state index in [2.05, 4.69) is 0 Å². The third-order valence-corrected chi connectivity index (χ3v) is 5.12. The van der Waals surface area contributed by atoms with Crippen LogP contribution in [-0.4, -0.2) is 18.4 Å². The lowest BCUT2D eigenvalue weighted by Crippen LogP contribution is -2.15. The van der Waals surface area contributed by atoms with Gasteiger partial charge in [0.25, 0.3) is 0 Å². The van der Waals surface area contributed by atoms with Gasteiger partial charge in [-0.15, -0.1) is 11.3 Å². The highest BCUT2D eigenvalue weighted by molar-refractivity contribution is 7.10. The first-order valence-electron chi connectivity index (χ1n) is 7.20. The van der Waals surface area contributed by atoms with E-state index in [1.54, 1.807) is 35.6 Å². The number of hydrogen-bond acceptors (Lipinski definition) is 4. The fourth-order valence-corrected chi connectivity index (χ4v) is 3.83. The van der Waals surface area contributed by atoms with E-state index in [1.807, 2.05) is 5.38 Å². The largest absolute Gasteiger partial charge is 0.454 e. The Morgan fingerprint density at radius 3 is 2.64 bits per heavy atom. The molecule has 0 saturated carbocycles. The Balaban J connectivity index is 1.64. The number of halogens is 1. The number of ketones is 1. The lowest BCUT2D eigenvalue weighted by molar-refractivity contribution is 0.0474. The van der Waals surface area contributed by atoms with E-state index in [0.29, 0.717) is 16.1 Å². The second-order valence-corrected chi connectivity index (χ2v) is 6.67. The molecule has 1 aliphatic carbocycles. The first kappa shape index (κ1) is 15.3. The summed E-state index contributed by atoms with van der Waals surface area (Å²) in [5.74, 6) is -0.629. The molecular formula is C17H15ClO3S. The Labute approximate surface area is 137 Å². The van der Waals surface area contributed by atoms with Crippen molar-refractivity contribution >= 4 is 34.7 Å². The highest BCUT2D eigenvalue weighted by Gasteiger charge is 2.21. The number of rotatable bonds is 4. The lowest BCUT2D eigenvalue weighted by atomic mass is 9.96. The van der Waals surface area contributed by atoms with Gasteiger partial charge in [-0.3, -0.25) is 4.79 Å². The number of fused-ring (bicyclic) bond motifs is 1. The van der Waals surface area contributed by atoms with Crippen LogP contribution in [-0.2, 0) is 17.6 Å². The molecule has 1 aromatic carbocycles. The molecule has 114 valence electrons. The van der Waals surface area contributed by atoms with Gasteiger partial charge in [0.2, 0.25) is 0 Å². The van der Waals surface area contributed by atoms with E-state index in [4.69, 9.17) is 16.3 Å². The van der Waals surface area contributed by atoms with Gasteiger partial charge in [0.1, 0.15) is 0 Å². The van der Waals surface area contributed by atoms with Crippen LogP contribution in [0.4, 0.5) is 0 Å². The summed E-state index contributed by atoms with van der Waals surface area (Å²) >= 11 is 7.40. The fourth-order valence-electron chi connectivity index (χ4n) is 2.59. The quantitative estimate of drug-likeness (QED) is 0.617. The number of thiophene rings is 1. The molecule has 2 aromatic rings. The van der Waals surface area contributed by atoms with E-state index in [-0.39, 0.29) is 12.4 Å². The molecule has 22 heavy (non-hydrogen) atoms. The molecule has 0 saturated heterocycles. The number of Topliss-reactive ketones (excluding diaryl/α,β-unsaturated/α-hetero) is 1. The van der Waals surface area contributed by atoms with Gasteiger partial charge in [-0.1, -0.05) is 11.6 Å². The number of benzene rings is 1. The van der Waals surface area contributed by atoms with Crippen LogP contribution in [0.3, 0.4) is 0 Å². The second-order valence-electron chi connectivity index (χ2n) is 5.26. The first-order valence-corrected chi connectivity index (χ1v) is 8.46. The molecule has 1 aliphatic rings. The monoisotopic (exact) mass is 334 g/mol. The molecular weight excluding hydrogens is 320 g/mol. The van der Waals surface area contributed by atoms with Crippen molar-refractivity contribution < 1.29 is 14.3 Å². The van der Waals surface area contributed by atoms with Crippen molar-refractivity contribution in [3.05, 3.63) is 56.2 Å². The zero-order valence-corrected chi connectivity index (χ0v) is 13.5. The summed E-state index contributed by atoms with van der Waals surface area (Å²) in [6, 6.07) is 6.55. The molecule has 0 amide bonds. The normalized spacial score (nSPS) is 13.5. The van der Waals surface area contributed by atoms with Crippen LogP contribution in [0, 0.1) is 0 Å². The molecule has 0 fully saturated rings. The molecule has 0 bridgehead atoms. The smallest absolute Gasteiger partial charge is 0.339 e. The van der Waals surface area contributed by atoms with Gasteiger partial charge < -0.3 is 4.74 Å². The topological polar surface area (TPSA) is 43.4 Å². The molecule has 0 unspecified atom stereocenters. The van der Waals surface area contributed by atoms with Crippen molar-refractivity contribution in [2.75, 3.05) is 6.61 Å². The van der Waals surface area contributed by atoms with Gasteiger partial charge in [0.05, 0.1) is 5.56 Å². The minimum absolute atomic E-state index is 0.228. The van der Waals surface area contributed by atoms with Gasteiger partial charge >= 0.3 is 5.97 Å². The van der Waals surface area contributed by atoms with Gasteiger partial charge in [0.15, 0.2) is 12.4 Å². The average molecular weight is 335 g/mol. The molecule has 0 aliphatic heterocycles. The Morgan fingerprint density at radius 1 is 1.14 bits per heavy atom. The predicted molar refractivity (Wildman–Crippen MR) is 87.0 cm³/mol. The van der Waals surface area contributed by atoms with Gasteiger partial charge in [0, 0.05) is 20.8 Å². The number of hydrogen-bond donors (Lipinski definition) is 0. The van der Waals surface area contributed by atoms with Gasteiger partial charge in [-0.05, 0) is 55.5 Å². The number of carbonyl (C=O) groups excluding carboxylic acids is 2. The Morgan fingerprint density at radius 2 is 1.86 bits per heavy atom. The second kappa shape index (κ2) is 6.63. The SMILES string of the molecule is O=C(COC(=O)c1csc2c1CCCC2)c1ccc(Cl)cc1. The molecule has 0 radical (unpaired) electrons. The molecule has 0 spiro atoms. The first-order chi connectivity index (χ1) is 10.6. The van der Waals surface area contributed by atoms with Crippen molar-refractivity contribution in [2.24, 2.45) is 0 Å². The molecule has 0 N–H and O–H groups in total. The average Bonchev–Trinajstić information content (AvgIpc) is 2.97. The van der Waals surface area contributed by atoms with Crippen molar-refractivity contribution in [1.29, 1.82) is 0 Å². The van der Waals surface area contributed by atoms with Crippen molar-refractivity contribution in [1.82, 2.24) is 0 Å². The summed E-state index contributed by atoms with van der Waals surface area (Å²) in [4.78, 5) is 25.5. The maximum atomic E-state index is 12.2. The molecule has 5 heteroatoms. The summed E-state index contributed by atoms with van der Waals surface area (Å²) in [5.41, 5.74) is 2.23. The maximum Gasteiger partial charge on any atom is 0.339 e. The van der Waals surface area contributed by atoms with Gasteiger partial charge in [-0.2, -0.15) is 0 Å². The zero-order valence-electron chi connectivity index (χ0n) is 11.9. The van der Waals surface area contributed by atoms with E-state index < -0.39 is 5.97 Å². The molecule has 1 aromatic heterocycles. The third-order valence-electron chi connectivity index (χ3n) is 3.78. The van der Waals surface area contributed by atoms with Crippen LogP contribution < -0.4 is 0 Å². The Hall–Kier alpha value is -1.65. The van der Waals surface area contributed by atoms with Crippen LogP contribution in [0.15, 0.2) is 29.6 Å². The fraction of sp³-hybridized carbons (Fsp3) is 0.294. The van der Waals surface area contributed by atoms with Crippen molar-refractivity contribution in [2.45, 2.75) is 25.7 Å². The minimum atomic E-state index is -0.401. The van der Waals surface area contributed by atoms with E-state index >= 15 is 0 Å². The third kappa shape index (κ3) is 3.23. The highest BCUT2D eigenvalue weighted by atomic mass is 35.5. The van der Waals surface area contributed by atoms with E-state index in [1.165, 1.54) is 11.3 Å². The Kier molecular flexibility index (Phi) is 4.60. The van der Waals surface area contributed by atoms with E-state index in [9.17, 15) is 9.59 Å². The summed E-state index contributed by atoms with van der Waals surface area (Å²) in [5, 5.41) is 2.42. The standard InChI is InChI=1S/C17H15ClO3S/c18-12-7-5-11(6-8-12)15(19)9-21-17(20)14-10-22-16-4-2-1-3-13(14)16/h5-8,10H,1-4,9H2. The number of carbonyl (C=O) groups is 2. The van der Waals surface area contributed by atoms with Crippen LogP contribution in [0.25, 0.3) is 0 Å². The molecule has 3 nitrogen and oxygen atoms in total. The van der Waals surface area contributed by atoms with Gasteiger partial charge in [-0.25, -0.2) is 4.79 Å². The highest BCUT2D eigenvalue weighted by Crippen LogP contribution is 2.30. The summed E-state index contributed by atoms with van der Waals surface area (Å²) in [6.45, 7) is -0.245. The predicted octanol–water partition coefficient (Wildman–Crippen LogP) is 4.32. The number of esters is 1. The summed E-state index contributed by atoms with van der Waals surface area (Å²) < 4.78 is 5.18. The van der Waals surface area contributed by atoms with E-state index in [0.717, 1.165) is 24.8 Å². The summed E-state index contributed by atoms with van der Waals surface area (Å²) in [7, 11) is 0. The Bertz CT molecular complexity index is 703. The molecule has 0 atom stereocenters. The molecule has 1 heterocycles. The summed E-state index contributed by atoms with van der Waals surface area (Å²) in [6.07, 6.45) is 4.25. The van der Waals surface area contributed by atoms with Crippen LogP contribution >= 0.6 is 22.9 Å². The van der Waals surface area contributed by atoms with Crippen molar-refractivity contribution in [3.63, 3.8) is 0 Å². The number of ether oxygens (including phenoxy) is 1. The number of aryl methyl sites for hydroxylation is 1.